The molecule has 0 spiro atoms. The van der Waals surface area contributed by atoms with Crippen LogP contribution in [0.4, 0.5) is 34.4 Å². The zero-order chi connectivity index (χ0) is 33.2. The molecule has 0 saturated carbocycles. The maximum atomic E-state index is 12.6. The Morgan fingerprint density at radius 2 is 1.96 bits per heavy atom. The second-order valence-corrected chi connectivity index (χ2v) is 13.3. The Labute approximate surface area is 282 Å². The van der Waals surface area contributed by atoms with Gasteiger partial charge in [-0.15, -0.1) is 0 Å². The molecule has 4 fully saturated rings. The summed E-state index contributed by atoms with van der Waals surface area (Å²) in [6.45, 7) is 7.97. The standard InChI is InChI=1S/C36H46N8O4/c1-5-36(45)40-30-18-31(33(46-4)19-32(30)42-12-9-25(10-13-42)43-21-29-17-28(43)22-47-29)39-34-20-35(38-23-37-34)44-27(11-14-48-44)16-24-7-6-8-26(15-24)41(2)3/h5-8,15,18-20,23,25,27-29H,1,9-14,16-17,21-22H2,2-4H3,(H,40,45)(H,37,38,39)/t27-,28+,29+/m1/s1. The molecule has 0 unspecified atom stereocenters. The van der Waals surface area contributed by atoms with Crippen LogP contribution in [0, 0.1) is 0 Å². The molecule has 4 aliphatic heterocycles. The number of anilines is 6. The first-order valence-corrected chi connectivity index (χ1v) is 16.9. The van der Waals surface area contributed by atoms with Crippen molar-refractivity contribution in [2.45, 2.75) is 56.3 Å². The number of rotatable bonds is 11. The highest BCUT2D eigenvalue weighted by Gasteiger charge is 2.42. The first-order valence-electron chi connectivity index (χ1n) is 16.9. The fourth-order valence-electron chi connectivity index (χ4n) is 7.55. The molecule has 0 aliphatic carbocycles. The van der Waals surface area contributed by atoms with Crippen molar-refractivity contribution in [2.24, 2.45) is 0 Å². The molecule has 254 valence electrons. The predicted molar refractivity (Wildman–Crippen MR) is 189 cm³/mol. The van der Waals surface area contributed by atoms with Crippen molar-refractivity contribution < 1.29 is 19.1 Å². The van der Waals surface area contributed by atoms with E-state index in [2.05, 4.69) is 80.2 Å². The summed E-state index contributed by atoms with van der Waals surface area (Å²) < 4.78 is 11.7. The van der Waals surface area contributed by atoms with Gasteiger partial charge in [0.05, 0.1) is 49.5 Å². The van der Waals surface area contributed by atoms with E-state index in [1.54, 1.807) is 7.11 Å². The maximum absolute atomic E-state index is 12.6. The molecular formula is C36H46N8O4. The number of methoxy groups -OCH3 is 1. The van der Waals surface area contributed by atoms with Crippen molar-refractivity contribution in [3.05, 3.63) is 67.0 Å². The van der Waals surface area contributed by atoms with Crippen LogP contribution in [0.3, 0.4) is 0 Å². The summed E-state index contributed by atoms with van der Waals surface area (Å²) in [5.74, 6) is 1.64. The molecule has 1 aromatic heterocycles. The van der Waals surface area contributed by atoms with Gasteiger partial charge < -0.3 is 29.9 Å². The number of piperidine rings is 1. The molecule has 1 amide bonds. The Bertz CT molecular complexity index is 1630. The normalized spacial score (nSPS) is 22.6. The Kier molecular flexibility index (Phi) is 9.38. The molecule has 5 heterocycles. The SMILES string of the molecule is C=CC(=O)Nc1cc(Nc2cc(N3OCC[C@@H]3Cc3cccc(N(C)C)c3)ncn2)c(OC)cc1N1CCC(N2C[C@@H]3C[C@H]2CO3)CC1. The van der Waals surface area contributed by atoms with Crippen molar-refractivity contribution >= 4 is 40.3 Å². The van der Waals surface area contributed by atoms with Crippen molar-refractivity contribution in [3.8, 4) is 5.75 Å². The number of carbonyl (C=O) groups is 1. The number of morpholine rings is 1. The van der Waals surface area contributed by atoms with E-state index in [0.717, 1.165) is 64.0 Å². The number of ether oxygens (including phenoxy) is 2. The van der Waals surface area contributed by atoms with Gasteiger partial charge in [0, 0.05) is 63.6 Å². The molecule has 12 nitrogen and oxygen atoms in total. The number of hydrogen-bond acceptors (Lipinski definition) is 11. The Balaban J connectivity index is 1.09. The van der Waals surface area contributed by atoms with Crippen molar-refractivity contribution in [1.29, 1.82) is 0 Å². The van der Waals surface area contributed by atoms with Gasteiger partial charge in [-0.3, -0.25) is 14.5 Å². The summed E-state index contributed by atoms with van der Waals surface area (Å²) in [6.07, 6.45) is 8.24. The van der Waals surface area contributed by atoms with Gasteiger partial charge in [0.2, 0.25) is 5.91 Å². The van der Waals surface area contributed by atoms with Crippen LogP contribution in [0.25, 0.3) is 0 Å². The summed E-state index contributed by atoms with van der Waals surface area (Å²) in [7, 11) is 5.76. The molecule has 0 radical (unpaired) electrons. The van der Waals surface area contributed by atoms with Gasteiger partial charge >= 0.3 is 0 Å². The van der Waals surface area contributed by atoms with E-state index in [1.807, 2.05) is 23.3 Å². The van der Waals surface area contributed by atoms with E-state index in [1.165, 1.54) is 23.7 Å². The summed E-state index contributed by atoms with van der Waals surface area (Å²) in [5.41, 5.74) is 4.70. The van der Waals surface area contributed by atoms with Crippen LogP contribution in [-0.4, -0.2) is 99.1 Å². The highest BCUT2D eigenvalue weighted by Crippen LogP contribution is 2.41. The minimum absolute atomic E-state index is 0.137. The topological polar surface area (TPSA) is 108 Å². The van der Waals surface area contributed by atoms with Crippen LogP contribution in [0.15, 0.2) is 61.4 Å². The monoisotopic (exact) mass is 654 g/mol. The molecule has 4 aliphatic rings. The van der Waals surface area contributed by atoms with Crippen LogP contribution in [0.1, 0.15) is 31.2 Å². The van der Waals surface area contributed by atoms with Crippen molar-refractivity contribution in [1.82, 2.24) is 14.9 Å². The van der Waals surface area contributed by atoms with E-state index in [9.17, 15) is 4.79 Å². The first kappa shape index (κ1) is 32.2. The molecule has 4 saturated heterocycles. The molecule has 7 rings (SSSR count). The third kappa shape index (κ3) is 6.78. The van der Waals surface area contributed by atoms with E-state index >= 15 is 0 Å². The van der Waals surface area contributed by atoms with Gasteiger partial charge in [-0.2, -0.15) is 0 Å². The largest absolute Gasteiger partial charge is 0.494 e. The molecular weight excluding hydrogens is 608 g/mol. The van der Waals surface area contributed by atoms with Crippen LogP contribution < -0.4 is 30.2 Å². The fourth-order valence-corrected chi connectivity index (χ4v) is 7.55. The van der Waals surface area contributed by atoms with Crippen LogP contribution >= 0.6 is 0 Å². The van der Waals surface area contributed by atoms with E-state index in [-0.39, 0.29) is 11.9 Å². The van der Waals surface area contributed by atoms with Gasteiger partial charge in [-0.05, 0) is 61.9 Å². The number of nitrogens with one attached hydrogen (secondary N) is 2. The number of hydrogen-bond donors (Lipinski definition) is 2. The van der Waals surface area contributed by atoms with Crippen LogP contribution in [0.5, 0.6) is 5.75 Å². The summed E-state index contributed by atoms with van der Waals surface area (Å²) >= 11 is 0. The second-order valence-electron chi connectivity index (χ2n) is 13.3. The number of aromatic nitrogens is 2. The molecule has 2 N–H and O–H groups in total. The zero-order valence-corrected chi connectivity index (χ0v) is 28.1. The van der Waals surface area contributed by atoms with Gasteiger partial charge in [0.25, 0.3) is 0 Å². The summed E-state index contributed by atoms with van der Waals surface area (Å²) in [4.78, 5) is 34.8. The second kappa shape index (κ2) is 14.0. The molecule has 48 heavy (non-hydrogen) atoms. The third-order valence-corrected chi connectivity index (χ3v) is 10.0. The highest BCUT2D eigenvalue weighted by molar-refractivity contribution is 6.02. The zero-order valence-electron chi connectivity index (χ0n) is 28.1. The summed E-state index contributed by atoms with van der Waals surface area (Å²) in [6, 6.07) is 15.6. The lowest BCUT2D eigenvalue weighted by Gasteiger charge is -2.41. The maximum Gasteiger partial charge on any atom is 0.247 e. The quantitative estimate of drug-likeness (QED) is 0.283. The van der Waals surface area contributed by atoms with Crippen molar-refractivity contribution in [3.63, 3.8) is 0 Å². The predicted octanol–water partition coefficient (Wildman–Crippen LogP) is 4.61. The Morgan fingerprint density at radius 1 is 1.10 bits per heavy atom. The molecule has 3 aromatic rings. The number of nitrogens with zero attached hydrogens (tertiary/aromatic N) is 6. The fraction of sp³-hybridized carbons (Fsp3) is 0.472. The smallest absolute Gasteiger partial charge is 0.247 e. The van der Waals surface area contributed by atoms with E-state index in [0.29, 0.717) is 53.6 Å². The lowest BCUT2D eigenvalue weighted by molar-refractivity contribution is -0.111. The molecule has 3 atom stereocenters. The van der Waals surface area contributed by atoms with Crippen LogP contribution in [-0.2, 0) is 20.8 Å². The summed E-state index contributed by atoms with van der Waals surface area (Å²) in [5, 5.41) is 8.35. The van der Waals surface area contributed by atoms with E-state index in [4.69, 9.17) is 14.3 Å². The third-order valence-electron chi connectivity index (χ3n) is 10.0. The minimum Gasteiger partial charge on any atom is -0.494 e. The lowest BCUT2D eigenvalue weighted by Crippen LogP contribution is -2.49. The number of fused-ring (bicyclic) bond motifs is 2. The number of carbonyl (C=O) groups excluding carboxylic acids is 1. The lowest BCUT2D eigenvalue weighted by atomic mass is 10.0. The number of benzene rings is 2. The number of likely N-dealkylation sites (tertiary alicyclic amines) is 1. The van der Waals surface area contributed by atoms with Gasteiger partial charge in [0.1, 0.15) is 17.9 Å². The molecule has 2 aromatic carbocycles. The Hall–Kier alpha value is -4.39. The number of hydroxylamine groups is 1. The van der Waals surface area contributed by atoms with Gasteiger partial charge in [-0.25, -0.2) is 15.0 Å². The number of amides is 1. The molecule has 2 bridgehead atoms. The van der Waals surface area contributed by atoms with Gasteiger partial charge in [-0.1, -0.05) is 18.7 Å². The van der Waals surface area contributed by atoms with E-state index < -0.39 is 0 Å². The van der Waals surface area contributed by atoms with Crippen LogP contribution in [0.2, 0.25) is 0 Å². The van der Waals surface area contributed by atoms with Crippen molar-refractivity contribution in [2.75, 3.05) is 79.5 Å². The Morgan fingerprint density at radius 3 is 2.69 bits per heavy atom. The average Bonchev–Trinajstić information content (AvgIpc) is 3.87. The first-order chi connectivity index (χ1) is 23.4. The average molecular weight is 655 g/mol. The van der Waals surface area contributed by atoms with Gasteiger partial charge in [0.15, 0.2) is 5.82 Å². The minimum atomic E-state index is -0.270. The highest BCUT2D eigenvalue weighted by atomic mass is 16.7. The molecule has 12 heteroatoms.